The zero-order valence-corrected chi connectivity index (χ0v) is 10.2. The van der Waals surface area contributed by atoms with E-state index in [-0.39, 0.29) is 0 Å². The molecule has 0 spiro atoms. The van der Waals surface area contributed by atoms with Gasteiger partial charge in [0.1, 0.15) is 5.75 Å². The van der Waals surface area contributed by atoms with Gasteiger partial charge in [0.15, 0.2) is 0 Å². The van der Waals surface area contributed by atoms with Crippen molar-refractivity contribution in [1.29, 1.82) is 0 Å². The molecule has 0 fully saturated rings. The van der Waals surface area contributed by atoms with Crippen molar-refractivity contribution in [2.45, 2.75) is 13.3 Å². The van der Waals surface area contributed by atoms with Crippen molar-refractivity contribution >= 4 is 0 Å². The average Bonchev–Trinajstić information content (AvgIpc) is 2.58. The standard InChI is InChI=1S/C13H17N3O/c1-10-12(8-9-14)13(16(2)15-10)17-11-6-4-3-5-7-11/h3-7H,8-9,14H2,1-2H3. The van der Waals surface area contributed by atoms with Crippen molar-refractivity contribution in [1.82, 2.24) is 9.78 Å². The normalized spacial score (nSPS) is 10.5. The number of ether oxygens (including phenoxy) is 1. The minimum atomic E-state index is 0.595. The summed E-state index contributed by atoms with van der Waals surface area (Å²) in [5.74, 6) is 1.59. The Kier molecular flexibility index (Phi) is 3.44. The summed E-state index contributed by atoms with van der Waals surface area (Å²) >= 11 is 0. The number of nitrogens with zero attached hydrogens (tertiary/aromatic N) is 2. The Morgan fingerprint density at radius 3 is 2.65 bits per heavy atom. The molecule has 0 aliphatic carbocycles. The summed E-state index contributed by atoms with van der Waals surface area (Å²) in [6.45, 7) is 2.57. The highest BCUT2D eigenvalue weighted by atomic mass is 16.5. The number of nitrogens with two attached hydrogens (primary N) is 1. The van der Waals surface area contributed by atoms with Crippen LogP contribution in [-0.2, 0) is 13.5 Å². The first-order valence-electron chi connectivity index (χ1n) is 5.68. The Balaban J connectivity index is 2.31. The fourth-order valence-electron chi connectivity index (χ4n) is 1.84. The fraction of sp³-hybridized carbons (Fsp3) is 0.308. The van der Waals surface area contributed by atoms with E-state index in [1.165, 1.54) is 0 Å². The van der Waals surface area contributed by atoms with E-state index >= 15 is 0 Å². The van der Waals surface area contributed by atoms with Crippen LogP contribution in [-0.4, -0.2) is 16.3 Å². The molecule has 0 amide bonds. The second-order valence-electron chi connectivity index (χ2n) is 3.95. The SMILES string of the molecule is Cc1nn(C)c(Oc2ccccc2)c1CCN. The van der Waals surface area contributed by atoms with Gasteiger partial charge >= 0.3 is 0 Å². The first-order valence-corrected chi connectivity index (χ1v) is 5.68. The van der Waals surface area contributed by atoms with E-state index in [1.54, 1.807) is 4.68 Å². The second kappa shape index (κ2) is 5.01. The second-order valence-corrected chi connectivity index (χ2v) is 3.95. The fourth-order valence-corrected chi connectivity index (χ4v) is 1.84. The lowest BCUT2D eigenvalue weighted by atomic mass is 10.2. The molecule has 0 atom stereocenters. The van der Waals surface area contributed by atoms with E-state index in [0.717, 1.165) is 29.3 Å². The third kappa shape index (κ3) is 2.47. The molecule has 0 unspecified atom stereocenters. The zero-order chi connectivity index (χ0) is 12.3. The minimum absolute atomic E-state index is 0.595. The third-order valence-corrected chi connectivity index (χ3v) is 2.64. The van der Waals surface area contributed by atoms with Crippen LogP contribution in [0.1, 0.15) is 11.3 Å². The molecule has 4 nitrogen and oxygen atoms in total. The molecular formula is C13H17N3O. The van der Waals surface area contributed by atoms with Crippen molar-refractivity contribution in [3.63, 3.8) is 0 Å². The minimum Gasteiger partial charge on any atom is -0.439 e. The average molecular weight is 231 g/mol. The summed E-state index contributed by atoms with van der Waals surface area (Å²) in [5.41, 5.74) is 7.67. The molecule has 1 aromatic carbocycles. The molecule has 0 aliphatic heterocycles. The van der Waals surface area contributed by atoms with Gasteiger partial charge in [-0.25, -0.2) is 4.68 Å². The van der Waals surface area contributed by atoms with E-state index in [4.69, 9.17) is 10.5 Å². The van der Waals surface area contributed by atoms with Crippen molar-refractivity contribution in [3.8, 4) is 11.6 Å². The Bertz CT molecular complexity index is 491. The van der Waals surface area contributed by atoms with Crippen LogP contribution >= 0.6 is 0 Å². The molecule has 2 rings (SSSR count). The number of hydrogen-bond acceptors (Lipinski definition) is 3. The lowest BCUT2D eigenvalue weighted by molar-refractivity contribution is 0.426. The third-order valence-electron chi connectivity index (χ3n) is 2.64. The summed E-state index contributed by atoms with van der Waals surface area (Å²) in [6.07, 6.45) is 0.780. The van der Waals surface area contributed by atoms with E-state index in [2.05, 4.69) is 5.10 Å². The van der Waals surface area contributed by atoms with Crippen LogP contribution in [0.5, 0.6) is 11.6 Å². The van der Waals surface area contributed by atoms with Crippen molar-refractivity contribution in [3.05, 3.63) is 41.6 Å². The Hall–Kier alpha value is -1.81. The molecule has 0 radical (unpaired) electrons. The van der Waals surface area contributed by atoms with Gasteiger partial charge in [-0.3, -0.25) is 0 Å². The first-order chi connectivity index (χ1) is 8.22. The van der Waals surface area contributed by atoms with Gasteiger partial charge < -0.3 is 10.5 Å². The van der Waals surface area contributed by atoms with Crippen LogP contribution in [0.25, 0.3) is 0 Å². The number of hydrogen-bond donors (Lipinski definition) is 1. The Labute approximate surface area is 101 Å². The summed E-state index contributed by atoms with van der Waals surface area (Å²) in [7, 11) is 1.88. The molecule has 17 heavy (non-hydrogen) atoms. The van der Waals surface area contributed by atoms with Crippen LogP contribution in [0.15, 0.2) is 30.3 Å². The Morgan fingerprint density at radius 2 is 2.00 bits per heavy atom. The highest BCUT2D eigenvalue weighted by molar-refractivity contribution is 5.35. The van der Waals surface area contributed by atoms with Gasteiger partial charge in [0, 0.05) is 12.6 Å². The van der Waals surface area contributed by atoms with Gasteiger partial charge in [-0.2, -0.15) is 5.10 Å². The van der Waals surface area contributed by atoms with Gasteiger partial charge in [-0.05, 0) is 32.0 Å². The molecule has 0 saturated carbocycles. The van der Waals surface area contributed by atoms with E-state index in [1.807, 2.05) is 44.3 Å². The monoisotopic (exact) mass is 231 g/mol. The molecule has 0 saturated heterocycles. The largest absolute Gasteiger partial charge is 0.439 e. The predicted octanol–water partition coefficient (Wildman–Crippen LogP) is 2.02. The molecule has 0 aliphatic rings. The van der Waals surface area contributed by atoms with Gasteiger partial charge in [0.05, 0.1) is 5.69 Å². The molecule has 4 heteroatoms. The summed E-state index contributed by atoms with van der Waals surface area (Å²) in [4.78, 5) is 0. The van der Waals surface area contributed by atoms with E-state index in [9.17, 15) is 0 Å². The van der Waals surface area contributed by atoms with Crippen LogP contribution in [0.2, 0.25) is 0 Å². The van der Waals surface area contributed by atoms with Gasteiger partial charge in [-0.1, -0.05) is 18.2 Å². The molecule has 2 aromatic rings. The maximum atomic E-state index is 5.86. The summed E-state index contributed by atoms with van der Waals surface area (Å²) in [6, 6.07) is 9.70. The van der Waals surface area contributed by atoms with Crippen LogP contribution in [0.4, 0.5) is 0 Å². The first kappa shape index (κ1) is 11.7. The molecule has 1 heterocycles. The van der Waals surface area contributed by atoms with Gasteiger partial charge in [-0.15, -0.1) is 0 Å². The van der Waals surface area contributed by atoms with Crippen LogP contribution in [0, 0.1) is 6.92 Å². The highest BCUT2D eigenvalue weighted by Gasteiger charge is 2.14. The van der Waals surface area contributed by atoms with Gasteiger partial charge in [0.2, 0.25) is 5.88 Å². The molecule has 2 N–H and O–H groups in total. The number of aryl methyl sites for hydroxylation is 2. The number of para-hydroxylation sites is 1. The Morgan fingerprint density at radius 1 is 1.29 bits per heavy atom. The van der Waals surface area contributed by atoms with E-state index < -0.39 is 0 Å². The quantitative estimate of drug-likeness (QED) is 0.875. The molecule has 1 aromatic heterocycles. The number of aromatic nitrogens is 2. The highest BCUT2D eigenvalue weighted by Crippen LogP contribution is 2.27. The number of benzene rings is 1. The maximum absolute atomic E-state index is 5.86. The maximum Gasteiger partial charge on any atom is 0.221 e. The number of rotatable bonds is 4. The smallest absolute Gasteiger partial charge is 0.221 e. The van der Waals surface area contributed by atoms with Crippen molar-refractivity contribution < 1.29 is 4.74 Å². The van der Waals surface area contributed by atoms with Crippen molar-refractivity contribution in [2.75, 3.05) is 6.54 Å². The van der Waals surface area contributed by atoms with Gasteiger partial charge in [0.25, 0.3) is 0 Å². The predicted molar refractivity (Wildman–Crippen MR) is 67.2 cm³/mol. The summed E-state index contributed by atoms with van der Waals surface area (Å²) < 4.78 is 7.62. The topological polar surface area (TPSA) is 53.1 Å². The van der Waals surface area contributed by atoms with Crippen LogP contribution < -0.4 is 10.5 Å². The molecule has 0 bridgehead atoms. The summed E-state index contributed by atoms with van der Waals surface area (Å²) in [5, 5.41) is 4.36. The molecular weight excluding hydrogens is 214 g/mol. The lowest BCUT2D eigenvalue weighted by Gasteiger charge is -2.08. The zero-order valence-electron chi connectivity index (χ0n) is 10.2. The lowest BCUT2D eigenvalue weighted by Crippen LogP contribution is -2.04. The van der Waals surface area contributed by atoms with E-state index in [0.29, 0.717) is 6.54 Å². The van der Waals surface area contributed by atoms with Crippen LogP contribution in [0.3, 0.4) is 0 Å². The van der Waals surface area contributed by atoms with Crippen molar-refractivity contribution in [2.24, 2.45) is 12.8 Å². The molecule has 90 valence electrons.